The highest BCUT2D eigenvalue weighted by atomic mass is 15.3. The van der Waals surface area contributed by atoms with E-state index < -0.39 is 0 Å². The van der Waals surface area contributed by atoms with E-state index in [9.17, 15) is 0 Å². The van der Waals surface area contributed by atoms with E-state index in [2.05, 4.69) is 55.1 Å². The van der Waals surface area contributed by atoms with Gasteiger partial charge in [0, 0.05) is 13.0 Å². The molecule has 1 aromatic carbocycles. The van der Waals surface area contributed by atoms with Gasteiger partial charge in [0.2, 0.25) is 0 Å². The number of aromatic amines is 1. The van der Waals surface area contributed by atoms with Crippen molar-refractivity contribution in [1.29, 1.82) is 0 Å². The van der Waals surface area contributed by atoms with Gasteiger partial charge in [0.1, 0.15) is 11.3 Å². The van der Waals surface area contributed by atoms with Gasteiger partial charge in [-0.15, -0.1) is 0 Å². The van der Waals surface area contributed by atoms with Crippen molar-refractivity contribution in [3.8, 4) is 0 Å². The summed E-state index contributed by atoms with van der Waals surface area (Å²) in [7, 11) is 1.95. The first-order chi connectivity index (χ1) is 9.58. The minimum atomic E-state index is 0.253. The molecule has 0 aliphatic heterocycles. The molecule has 0 unspecified atom stereocenters. The van der Waals surface area contributed by atoms with Gasteiger partial charge < -0.3 is 4.98 Å². The predicted molar refractivity (Wildman–Crippen MR) is 80.9 cm³/mol. The molecule has 0 fully saturated rings. The monoisotopic (exact) mass is 268 g/mol. The number of benzene rings is 1. The first-order valence-corrected chi connectivity index (χ1v) is 7.05. The van der Waals surface area contributed by atoms with Crippen LogP contribution in [0.5, 0.6) is 0 Å². The molecule has 2 heterocycles. The molecule has 0 saturated carbocycles. The lowest BCUT2D eigenvalue weighted by atomic mass is 10.0. The van der Waals surface area contributed by atoms with Crippen molar-refractivity contribution in [1.82, 2.24) is 19.7 Å². The van der Waals surface area contributed by atoms with Crippen LogP contribution in [0.15, 0.2) is 30.3 Å². The molecular weight excluding hydrogens is 248 g/mol. The fourth-order valence-electron chi connectivity index (χ4n) is 2.56. The first kappa shape index (κ1) is 12.9. The average molecular weight is 268 g/mol. The molecule has 3 rings (SSSR count). The van der Waals surface area contributed by atoms with Crippen LogP contribution in [-0.4, -0.2) is 19.7 Å². The van der Waals surface area contributed by atoms with Crippen molar-refractivity contribution in [2.24, 2.45) is 7.05 Å². The van der Waals surface area contributed by atoms with Crippen LogP contribution in [0.3, 0.4) is 0 Å². The standard InChI is InChI=1S/C16H20N4/c1-10(2)13-14-16(20(4)19-13)18-15(17-14)11(3)12-8-6-5-7-9-12/h5-11H,1-4H3,(H,17,18)/t11-/m0/s1. The summed E-state index contributed by atoms with van der Waals surface area (Å²) < 4.78 is 1.86. The molecule has 0 aliphatic carbocycles. The van der Waals surface area contributed by atoms with E-state index in [1.54, 1.807) is 0 Å². The molecule has 1 N–H and O–H groups in total. The normalized spacial score (nSPS) is 13.2. The smallest absolute Gasteiger partial charge is 0.176 e. The van der Waals surface area contributed by atoms with Crippen LogP contribution in [0.4, 0.5) is 0 Å². The van der Waals surface area contributed by atoms with Crippen molar-refractivity contribution < 1.29 is 0 Å². The van der Waals surface area contributed by atoms with Gasteiger partial charge in [-0.3, -0.25) is 0 Å². The minimum Gasteiger partial charge on any atom is -0.339 e. The van der Waals surface area contributed by atoms with Gasteiger partial charge in [-0.1, -0.05) is 51.1 Å². The zero-order chi connectivity index (χ0) is 14.3. The Morgan fingerprint density at radius 1 is 1.10 bits per heavy atom. The molecule has 20 heavy (non-hydrogen) atoms. The van der Waals surface area contributed by atoms with Crippen LogP contribution < -0.4 is 0 Å². The highest BCUT2D eigenvalue weighted by Crippen LogP contribution is 2.27. The zero-order valence-corrected chi connectivity index (χ0v) is 12.4. The second-order valence-electron chi connectivity index (χ2n) is 5.62. The van der Waals surface area contributed by atoms with Crippen LogP contribution in [0.2, 0.25) is 0 Å². The number of imidazole rings is 1. The molecule has 0 saturated heterocycles. The summed E-state index contributed by atoms with van der Waals surface area (Å²) in [6.45, 7) is 6.49. The summed E-state index contributed by atoms with van der Waals surface area (Å²) in [4.78, 5) is 8.21. The Bertz CT molecular complexity index is 722. The molecule has 1 atom stereocenters. The van der Waals surface area contributed by atoms with Gasteiger partial charge in [-0.25, -0.2) is 9.67 Å². The van der Waals surface area contributed by atoms with Crippen molar-refractivity contribution in [2.75, 3.05) is 0 Å². The average Bonchev–Trinajstić information content (AvgIpc) is 3.00. The third kappa shape index (κ3) is 2.01. The number of nitrogens with zero attached hydrogens (tertiary/aromatic N) is 3. The molecule has 2 aromatic heterocycles. The Labute approximate surface area is 118 Å². The van der Waals surface area contributed by atoms with E-state index in [1.807, 2.05) is 17.8 Å². The fourth-order valence-corrected chi connectivity index (χ4v) is 2.56. The van der Waals surface area contributed by atoms with Gasteiger partial charge in [-0.05, 0) is 11.5 Å². The maximum absolute atomic E-state index is 4.74. The lowest BCUT2D eigenvalue weighted by molar-refractivity contribution is 0.716. The third-order valence-corrected chi connectivity index (χ3v) is 3.78. The summed E-state index contributed by atoms with van der Waals surface area (Å²) in [5.74, 6) is 1.64. The van der Waals surface area contributed by atoms with Crippen molar-refractivity contribution in [3.63, 3.8) is 0 Å². The maximum Gasteiger partial charge on any atom is 0.176 e. The van der Waals surface area contributed by atoms with Crippen LogP contribution >= 0.6 is 0 Å². The van der Waals surface area contributed by atoms with E-state index in [0.29, 0.717) is 5.92 Å². The highest BCUT2D eigenvalue weighted by molar-refractivity contribution is 5.75. The summed E-state index contributed by atoms with van der Waals surface area (Å²) >= 11 is 0. The predicted octanol–water partition coefficient (Wildman–Crippen LogP) is 3.57. The Kier molecular flexibility index (Phi) is 3.08. The molecule has 0 radical (unpaired) electrons. The van der Waals surface area contributed by atoms with Crippen LogP contribution in [0.25, 0.3) is 11.2 Å². The van der Waals surface area contributed by atoms with E-state index in [-0.39, 0.29) is 5.92 Å². The van der Waals surface area contributed by atoms with E-state index in [0.717, 1.165) is 22.7 Å². The summed E-state index contributed by atoms with van der Waals surface area (Å²) in [5.41, 5.74) is 4.36. The summed E-state index contributed by atoms with van der Waals surface area (Å²) in [6.07, 6.45) is 0. The molecular formula is C16H20N4. The van der Waals surface area contributed by atoms with Gasteiger partial charge in [0.25, 0.3) is 0 Å². The number of aromatic nitrogens is 4. The molecule has 0 bridgehead atoms. The number of rotatable bonds is 3. The number of H-pyrrole nitrogens is 1. The number of nitrogens with one attached hydrogen (secondary N) is 1. The summed E-state index contributed by atoms with van der Waals surface area (Å²) in [5, 5.41) is 4.55. The van der Waals surface area contributed by atoms with Crippen LogP contribution in [0.1, 0.15) is 49.7 Å². The van der Waals surface area contributed by atoms with Crippen LogP contribution in [-0.2, 0) is 7.05 Å². The maximum atomic E-state index is 4.74. The Balaban J connectivity index is 2.07. The van der Waals surface area contributed by atoms with E-state index >= 15 is 0 Å². The molecule has 104 valence electrons. The zero-order valence-electron chi connectivity index (χ0n) is 12.4. The first-order valence-electron chi connectivity index (χ1n) is 7.05. The van der Waals surface area contributed by atoms with Crippen molar-refractivity contribution in [2.45, 2.75) is 32.6 Å². The van der Waals surface area contributed by atoms with Crippen molar-refractivity contribution >= 4 is 11.2 Å². The number of hydrogen-bond donors (Lipinski definition) is 1. The Morgan fingerprint density at radius 2 is 1.80 bits per heavy atom. The molecule has 3 aromatic rings. The van der Waals surface area contributed by atoms with Gasteiger partial charge >= 0.3 is 0 Å². The third-order valence-electron chi connectivity index (χ3n) is 3.78. The Morgan fingerprint density at radius 3 is 2.45 bits per heavy atom. The minimum absolute atomic E-state index is 0.253. The number of hydrogen-bond acceptors (Lipinski definition) is 2. The fraction of sp³-hybridized carbons (Fsp3) is 0.375. The lowest BCUT2D eigenvalue weighted by Gasteiger charge is -2.08. The lowest BCUT2D eigenvalue weighted by Crippen LogP contribution is -2.00. The summed E-state index contributed by atoms with van der Waals surface area (Å²) in [6, 6.07) is 10.4. The quantitative estimate of drug-likeness (QED) is 0.789. The van der Waals surface area contributed by atoms with E-state index in [1.165, 1.54) is 5.56 Å². The molecule has 0 amide bonds. The molecule has 0 aliphatic rings. The molecule has 4 heteroatoms. The molecule has 4 nitrogen and oxygen atoms in total. The highest BCUT2D eigenvalue weighted by Gasteiger charge is 2.19. The number of fused-ring (bicyclic) bond motifs is 1. The van der Waals surface area contributed by atoms with Gasteiger partial charge in [-0.2, -0.15) is 5.10 Å². The second-order valence-corrected chi connectivity index (χ2v) is 5.62. The second kappa shape index (κ2) is 4.78. The van der Waals surface area contributed by atoms with Gasteiger partial charge in [0.15, 0.2) is 5.65 Å². The molecule has 0 spiro atoms. The SMILES string of the molecule is CC(C)c1nn(C)c2nc([C@@H](C)c3ccccc3)[nH]c12. The largest absolute Gasteiger partial charge is 0.339 e. The van der Waals surface area contributed by atoms with E-state index in [4.69, 9.17) is 4.98 Å². The number of aryl methyl sites for hydroxylation is 1. The van der Waals surface area contributed by atoms with Crippen LogP contribution in [0, 0.1) is 0 Å². The van der Waals surface area contributed by atoms with Gasteiger partial charge in [0.05, 0.1) is 5.69 Å². The van der Waals surface area contributed by atoms with Crippen molar-refractivity contribution in [3.05, 3.63) is 47.4 Å². The Hall–Kier alpha value is -2.10. The topological polar surface area (TPSA) is 46.5 Å².